The molecular formula is C16H22ClNO2. The molecule has 0 atom stereocenters. The standard InChI is InChI=1S/C16H22ClNO2/c1-12(2)16(14-8-6-5-7-9-14)18(15(19)10-17)11-20-13(3)4/h5-9,13H,10-11H2,1-4H3. The molecule has 0 bridgehead atoms. The number of amides is 1. The van der Waals surface area contributed by atoms with Crippen molar-refractivity contribution in [1.29, 1.82) is 0 Å². The number of carbonyl (C=O) groups excluding carboxylic acids is 1. The van der Waals surface area contributed by atoms with E-state index < -0.39 is 0 Å². The quantitative estimate of drug-likeness (QED) is 0.589. The molecule has 4 heteroatoms. The van der Waals surface area contributed by atoms with Gasteiger partial charge in [0.15, 0.2) is 0 Å². The molecule has 0 aliphatic rings. The topological polar surface area (TPSA) is 29.5 Å². The fourth-order valence-corrected chi connectivity index (χ4v) is 2.01. The van der Waals surface area contributed by atoms with E-state index in [9.17, 15) is 4.79 Å². The minimum Gasteiger partial charge on any atom is -0.358 e. The van der Waals surface area contributed by atoms with E-state index in [1.54, 1.807) is 4.90 Å². The Morgan fingerprint density at radius 3 is 2.30 bits per heavy atom. The second-order valence-electron chi connectivity index (χ2n) is 5.01. The van der Waals surface area contributed by atoms with E-state index in [0.717, 1.165) is 16.8 Å². The van der Waals surface area contributed by atoms with Crippen LogP contribution in [-0.4, -0.2) is 29.5 Å². The summed E-state index contributed by atoms with van der Waals surface area (Å²) in [7, 11) is 0. The molecular weight excluding hydrogens is 274 g/mol. The maximum atomic E-state index is 12.1. The van der Waals surface area contributed by atoms with Crippen LogP contribution in [0, 0.1) is 0 Å². The molecule has 1 aromatic carbocycles. The van der Waals surface area contributed by atoms with Crippen molar-refractivity contribution in [3.05, 3.63) is 41.5 Å². The third-order valence-electron chi connectivity index (χ3n) is 2.74. The molecule has 0 aromatic heterocycles. The number of rotatable bonds is 6. The van der Waals surface area contributed by atoms with Gasteiger partial charge in [-0.1, -0.05) is 35.9 Å². The summed E-state index contributed by atoms with van der Waals surface area (Å²) in [6.07, 6.45) is 0.0508. The van der Waals surface area contributed by atoms with Crippen molar-refractivity contribution in [1.82, 2.24) is 4.90 Å². The predicted molar refractivity (Wildman–Crippen MR) is 83.4 cm³/mol. The fraction of sp³-hybridized carbons (Fsp3) is 0.438. The Labute approximate surface area is 126 Å². The number of ether oxygens (including phenoxy) is 1. The predicted octanol–water partition coefficient (Wildman–Crippen LogP) is 3.89. The monoisotopic (exact) mass is 295 g/mol. The molecule has 0 spiro atoms. The second kappa shape index (κ2) is 8.08. The average Bonchev–Trinajstić information content (AvgIpc) is 2.42. The van der Waals surface area contributed by atoms with Gasteiger partial charge in [0.2, 0.25) is 5.91 Å². The molecule has 1 aromatic rings. The van der Waals surface area contributed by atoms with Crippen LogP contribution in [0.1, 0.15) is 33.3 Å². The number of nitrogens with zero attached hydrogens (tertiary/aromatic N) is 1. The van der Waals surface area contributed by atoms with Gasteiger partial charge in [-0.15, -0.1) is 11.6 Å². The van der Waals surface area contributed by atoms with Gasteiger partial charge in [0, 0.05) is 0 Å². The Morgan fingerprint density at radius 2 is 1.85 bits per heavy atom. The summed E-state index contributed by atoms with van der Waals surface area (Å²) in [4.78, 5) is 13.7. The van der Waals surface area contributed by atoms with Crippen LogP contribution in [0.15, 0.2) is 35.9 Å². The van der Waals surface area contributed by atoms with Crippen molar-refractivity contribution in [2.45, 2.75) is 33.8 Å². The van der Waals surface area contributed by atoms with Crippen molar-refractivity contribution < 1.29 is 9.53 Å². The van der Waals surface area contributed by atoms with Crippen LogP contribution < -0.4 is 0 Å². The number of hydrogen-bond acceptors (Lipinski definition) is 2. The minimum atomic E-state index is -0.160. The van der Waals surface area contributed by atoms with E-state index in [4.69, 9.17) is 16.3 Å². The van der Waals surface area contributed by atoms with Crippen LogP contribution in [0.25, 0.3) is 5.70 Å². The smallest absolute Gasteiger partial charge is 0.243 e. The zero-order valence-electron chi connectivity index (χ0n) is 12.5. The van der Waals surface area contributed by atoms with E-state index >= 15 is 0 Å². The lowest BCUT2D eigenvalue weighted by Crippen LogP contribution is -2.34. The van der Waals surface area contributed by atoms with Gasteiger partial charge in [-0.2, -0.15) is 0 Å². The van der Waals surface area contributed by atoms with Crippen LogP contribution in [0.4, 0.5) is 0 Å². The van der Waals surface area contributed by atoms with Gasteiger partial charge in [-0.3, -0.25) is 9.69 Å². The Bertz CT molecular complexity index is 465. The highest BCUT2D eigenvalue weighted by molar-refractivity contribution is 6.27. The van der Waals surface area contributed by atoms with E-state index in [1.807, 2.05) is 58.0 Å². The first kappa shape index (κ1) is 16.7. The van der Waals surface area contributed by atoms with E-state index in [1.165, 1.54) is 0 Å². The number of halogens is 1. The van der Waals surface area contributed by atoms with Crippen molar-refractivity contribution in [2.75, 3.05) is 12.6 Å². The summed E-state index contributed by atoms with van der Waals surface area (Å²) in [5.41, 5.74) is 2.89. The molecule has 1 rings (SSSR count). The van der Waals surface area contributed by atoms with E-state index in [2.05, 4.69) is 0 Å². The van der Waals surface area contributed by atoms with E-state index in [-0.39, 0.29) is 24.6 Å². The normalized spacial score (nSPS) is 10.5. The first-order valence-corrected chi connectivity index (χ1v) is 7.21. The molecule has 0 aliphatic heterocycles. The Hall–Kier alpha value is -1.32. The number of allylic oxidation sites excluding steroid dienone is 1. The Kier molecular flexibility index (Phi) is 6.76. The average molecular weight is 296 g/mol. The van der Waals surface area contributed by atoms with E-state index in [0.29, 0.717) is 0 Å². The number of benzene rings is 1. The van der Waals surface area contributed by atoms with Gasteiger partial charge in [0.25, 0.3) is 0 Å². The highest BCUT2D eigenvalue weighted by Gasteiger charge is 2.20. The third-order valence-corrected chi connectivity index (χ3v) is 2.97. The fourth-order valence-electron chi connectivity index (χ4n) is 1.87. The van der Waals surface area contributed by atoms with Crippen LogP contribution >= 0.6 is 11.6 Å². The van der Waals surface area contributed by atoms with Gasteiger partial charge in [-0.25, -0.2) is 0 Å². The lowest BCUT2D eigenvalue weighted by Gasteiger charge is -2.27. The SMILES string of the molecule is CC(C)=C(c1ccccc1)N(COC(C)C)C(=O)CCl. The Balaban J connectivity index is 3.13. The highest BCUT2D eigenvalue weighted by atomic mass is 35.5. The second-order valence-corrected chi connectivity index (χ2v) is 5.28. The molecule has 1 amide bonds. The molecule has 0 aliphatic carbocycles. The van der Waals surface area contributed by atoms with Crippen LogP contribution in [-0.2, 0) is 9.53 Å². The number of alkyl halides is 1. The molecule has 3 nitrogen and oxygen atoms in total. The van der Waals surface area contributed by atoms with Gasteiger partial charge in [0.1, 0.15) is 12.6 Å². The van der Waals surface area contributed by atoms with Crippen molar-refractivity contribution in [3.8, 4) is 0 Å². The maximum absolute atomic E-state index is 12.1. The molecule has 0 saturated carbocycles. The first-order valence-electron chi connectivity index (χ1n) is 6.68. The first-order chi connectivity index (χ1) is 9.47. The molecule has 0 saturated heterocycles. The van der Waals surface area contributed by atoms with Crippen LogP contribution in [0.5, 0.6) is 0 Å². The minimum absolute atomic E-state index is 0.0508. The summed E-state index contributed by atoms with van der Waals surface area (Å²) in [6, 6.07) is 9.80. The zero-order chi connectivity index (χ0) is 15.1. The summed E-state index contributed by atoms with van der Waals surface area (Å²) in [5.74, 6) is -0.224. The maximum Gasteiger partial charge on any atom is 0.243 e. The lowest BCUT2D eigenvalue weighted by molar-refractivity contribution is -0.130. The zero-order valence-corrected chi connectivity index (χ0v) is 13.3. The van der Waals surface area contributed by atoms with Gasteiger partial charge in [-0.05, 0) is 33.3 Å². The summed E-state index contributed by atoms with van der Waals surface area (Å²) in [6.45, 7) is 8.04. The molecule has 0 heterocycles. The molecule has 110 valence electrons. The van der Waals surface area contributed by atoms with Gasteiger partial charge in [0.05, 0.1) is 11.8 Å². The lowest BCUT2D eigenvalue weighted by atomic mass is 10.1. The molecule has 20 heavy (non-hydrogen) atoms. The van der Waals surface area contributed by atoms with Crippen molar-refractivity contribution in [2.24, 2.45) is 0 Å². The van der Waals surface area contributed by atoms with Crippen LogP contribution in [0.3, 0.4) is 0 Å². The molecule has 0 radical (unpaired) electrons. The van der Waals surface area contributed by atoms with Crippen molar-refractivity contribution >= 4 is 23.2 Å². The number of hydrogen-bond donors (Lipinski definition) is 0. The van der Waals surface area contributed by atoms with Crippen LogP contribution in [0.2, 0.25) is 0 Å². The number of carbonyl (C=O) groups is 1. The third kappa shape index (κ3) is 4.66. The summed E-state index contributed by atoms with van der Waals surface area (Å²) in [5, 5.41) is 0. The molecule has 0 N–H and O–H groups in total. The molecule has 0 unspecified atom stereocenters. The highest BCUT2D eigenvalue weighted by Crippen LogP contribution is 2.23. The van der Waals surface area contributed by atoms with Crippen molar-refractivity contribution in [3.63, 3.8) is 0 Å². The summed E-state index contributed by atoms with van der Waals surface area (Å²) >= 11 is 5.73. The Morgan fingerprint density at radius 1 is 1.25 bits per heavy atom. The largest absolute Gasteiger partial charge is 0.358 e. The van der Waals surface area contributed by atoms with Gasteiger partial charge < -0.3 is 4.74 Å². The molecule has 0 fully saturated rings. The summed E-state index contributed by atoms with van der Waals surface area (Å²) < 4.78 is 5.59. The van der Waals surface area contributed by atoms with Gasteiger partial charge >= 0.3 is 0 Å².